The SMILES string of the molecule is O=C(OCCC(=O)n1c2c(c3ccccc31)CCCC2)c1ccc2nc(-c3cccnc3)[nH]c2c1. The molecule has 0 amide bonds. The minimum Gasteiger partial charge on any atom is -0.462 e. The predicted molar refractivity (Wildman–Crippen MR) is 133 cm³/mol. The summed E-state index contributed by atoms with van der Waals surface area (Å²) in [5, 5.41) is 1.16. The van der Waals surface area contributed by atoms with E-state index in [1.165, 1.54) is 5.56 Å². The van der Waals surface area contributed by atoms with Gasteiger partial charge in [-0.3, -0.25) is 14.3 Å². The van der Waals surface area contributed by atoms with Gasteiger partial charge in [-0.2, -0.15) is 0 Å². The van der Waals surface area contributed by atoms with E-state index in [2.05, 4.69) is 21.0 Å². The maximum absolute atomic E-state index is 13.2. The van der Waals surface area contributed by atoms with E-state index in [-0.39, 0.29) is 18.9 Å². The second-order valence-corrected chi connectivity index (χ2v) is 8.82. The Labute approximate surface area is 201 Å². The Morgan fingerprint density at radius 1 is 1.03 bits per heavy atom. The molecule has 1 aliphatic carbocycles. The fourth-order valence-electron chi connectivity index (χ4n) is 4.98. The second kappa shape index (κ2) is 8.83. The number of aromatic amines is 1. The van der Waals surface area contributed by atoms with E-state index < -0.39 is 5.97 Å². The number of nitrogens with zero attached hydrogens (tertiary/aromatic N) is 3. The Morgan fingerprint density at radius 2 is 1.91 bits per heavy atom. The zero-order chi connectivity index (χ0) is 23.8. The Bertz CT molecular complexity index is 1570. The van der Waals surface area contributed by atoms with Crippen LogP contribution in [0.5, 0.6) is 0 Å². The standard InChI is InChI=1S/C28H24N4O3/c33-26(32-24-9-3-1-7-20(24)21-8-2-4-10-25(21)32)13-15-35-28(34)18-11-12-22-23(16-18)31-27(30-22)19-6-5-14-29-17-19/h1,3,5-7,9,11-12,14,16-17H,2,4,8,10,13,15H2,(H,30,31). The van der Waals surface area contributed by atoms with Crippen molar-refractivity contribution in [2.45, 2.75) is 32.1 Å². The quantitative estimate of drug-likeness (QED) is 0.354. The Morgan fingerprint density at radius 3 is 2.80 bits per heavy atom. The molecule has 0 unspecified atom stereocenters. The average Bonchev–Trinajstić information content (AvgIpc) is 3.48. The third-order valence-corrected chi connectivity index (χ3v) is 6.63. The molecule has 2 aromatic carbocycles. The van der Waals surface area contributed by atoms with Crippen molar-refractivity contribution in [1.82, 2.24) is 19.5 Å². The molecule has 0 spiro atoms. The highest BCUT2D eigenvalue weighted by molar-refractivity contribution is 5.97. The molecule has 0 saturated heterocycles. The van der Waals surface area contributed by atoms with Crippen molar-refractivity contribution in [3.63, 3.8) is 0 Å². The van der Waals surface area contributed by atoms with Crippen LogP contribution in [0, 0.1) is 0 Å². The first-order valence-electron chi connectivity index (χ1n) is 11.9. The van der Waals surface area contributed by atoms with E-state index in [1.807, 2.05) is 34.9 Å². The number of rotatable bonds is 5. The van der Waals surface area contributed by atoms with Crippen LogP contribution in [0.2, 0.25) is 0 Å². The first-order chi connectivity index (χ1) is 17.2. The fourth-order valence-corrected chi connectivity index (χ4v) is 4.98. The molecule has 1 N–H and O–H groups in total. The number of aryl methyl sites for hydroxylation is 1. The number of esters is 1. The van der Waals surface area contributed by atoms with E-state index in [1.54, 1.807) is 30.6 Å². The lowest BCUT2D eigenvalue weighted by atomic mass is 9.95. The summed E-state index contributed by atoms with van der Waals surface area (Å²) >= 11 is 0. The third kappa shape index (κ3) is 3.89. The molecule has 1 aliphatic rings. The Kier molecular flexibility index (Phi) is 5.37. The van der Waals surface area contributed by atoms with Crippen LogP contribution < -0.4 is 0 Å². The first kappa shape index (κ1) is 21.3. The summed E-state index contributed by atoms with van der Waals surface area (Å²) in [5.74, 6) is 0.186. The van der Waals surface area contributed by atoms with Crippen LogP contribution in [0.4, 0.5) is 0 Å². The number of ether oxygens (including phenoxy) is 1. The third-order valence-electron chi connectivity index (χ3n) is 6.63. The topological polar surface area (TPSA) is 89.9 Å². The summed E-state index contributed by atoms with van der Waals surface area (Å²) in [4.78, 5) is 37.8. The van der Waals surface area contributed by atoms with Crippen LogP contribution >= 0.6 is 0 Å². The number of carbonyl (C=O) groups excluding carboxylic acids is 2. The van der Waals surface area contributed by atoms with Gasteiger partial charge in [0.1, 0.15) is 12.4 Å². The maximum Gasteiger partial charge on any atom is 0.338 e. The van der Waals surface area contributed by atoms with E-state index >= 15 is 0 Å². The Balaban J connectivity index is 1.16. The van der Waals surface area contributed by atoms with Gasteiger partial charge in [-0.05, 0) is 67.6 Å². The summed E-state index contributed by atoms with van der Waals surface area (Å²) in [6.07, 6.45) is 7.72. The van der Waals surface area contributed by atoms with Crippen LogP contribution in [0.25, 0.3) is 33.3 Å². The van der Waals surface area contributed by atoms with Crippen molar-refractivity contribution in [2.75, 3.05) is 6.61 Å². The van der Waals surface area contributed by atoms with Crippen molar-refractivity contribution in [3.8, 4) is 11.4 Å². The highest BCUT2D eigenvalue weighted by Crippen LogP contribution is 2.32. The molecule has 0 radical (unpaired) electrons. The summed E-state index contributed by atoms with van der Waals surface area (Å²) < 4.78 is 7.32. The fraction of sp³-hybridized carbons (Fsp3) is 0.214. The highest BCUT2D eigenvalue weighted by atomic mass is 16.5. The van der Waals surface area contributed by atoms with Gasteiger partial charge >= 0.3 is 5.97 Å². The molecule has 0 fully saturated rings. The lowest BCUT2D eigenvalue weighted by Gasteiger charge is -2.15. The second-order valence-electron chi connectivity index (χ2n) is 8.82. The number of fused-ring (bicyclic) bond motifs is 4. The number of aromatic nitrogens is 4. The predicted octanol–water partition coefficient (Wildman–Crippen LogP) is 5.35. The van der Waals surface area contributed by atoms with Crippen molar-refractivity contribution in [2.24, 2.45) is 0 Å². The molecule has 0 atom stereocenters. The van der Waals surface area contributed by atoms with Crippen molar-refractivity contribution < 1.29 is 14.3 Å². The number of H-pyrrole nitrogens is 1. The molecule has 0 bridgehead atoms. The van der Waals surface area contributed by atoms with Crippen LogP contribution in [0.1, 0.15) is 45.7 Å². The van der Waals surface area contributed by atoms with E-state index in [9.17, 15) is 9.59 Å². The van der Waals surface area contributed by atoms with Gasteiger partial charge in [-0.15, -0.1) is 0 Å². The lowest BCUT2D eigenvalue weighted by molar-refractivity contribution is 0.0489. The van der Waals surface area contributed by atoms with Crippen LogP contribution in [-0.4, -0.2) is 38.0 Å². The molecule has 7 heteroatoms. The number of pyridine rings is 1. The van der Waals surface area contributed by atoms with Crippen LogP contribution in [-0.2, 0) is 17.6 Å². The summed E-state index contributed by atoms with van der Waals surface area (Å²) in [7, 11) is 0. The van der Waals surface area contributed by atoms with Gasteiger partial charge in [-0.25, -0.2) is 9.78 Å². The van der Waals surface area contributed by atoms with Crippen LogP contribution in [0.3, 0.4) is 0 Å². The first-order valence-corrected chi connectivity index (χ1v) is 11.9. The monoisotopic (exact) mass is 464 g/mol. The molecule has 35 heavy (non-hydrogen) atoms. The number of imidazole rings is 1. The number of para-hydroxylation sites is 1. The van der Waals surface area contributed by atoms with Gasteiger partial charge in [0.05, 0.1) is 28.5 Å². The smallest absolute Gasteiger partial charge is 0.338 e. The van der Waals surface area contributed by atoms with Gasteiger partial charge in [-0.1, -0.05) is 18.2 Å². The van der Waals surface area contributed by atoms with Gasteiger partial charge in [0.2, 0.25) is 5.91 Å². The molecule has 174 valence electrons. The highest BCUT2D eigenvalue weighted by Gasteiger charge is 2.23. The molecule has 6 rings (SSSR count). The number of carbonyl (C=O) groups is 2. The minimum atomic E-state index is -0.461. The molecular weight excluding hydrogens is 440 g/mol. The van der Waals surface area contributed by atoms with Gasteiger partial charge in [0.15, 0.2) is 0 Å². The van der Waals surface area contributed by atoms with Gasteiger partial charge in [0, 0.05) is 29.0 Å². The minimum absolute atomic E-state index is 0.0287. The lowest BCUT2D eigenvalue weighted by Crippen LogP contribution is -2.18. The van der Waals surface area contributed by atoms with Crippen molar-refractivity contribution in [3.05, 3.63) is 83.8 Å². The summed E-state index contributed by atoms with van der Waals surface area (Å²) in [5.41, 5.74) is 6.12. The van der Waals surface area contributed by atoms with Gasteiger partial charge in [0.25, 0.3) is 0 Å². The van der Waals surface area contributed by atoms with Crippen molar-refractivity contribution in [1.29, 1.82) is 0 Å². The van der Waals surface area contributed by atoms with Crippen molar-refractivity contribution >= 4 is 33.8 Å². The zero-order valence-corrected chi connectivity index (χ0v) is 19.2. The van der Waals surface area contributed by atoms with E-state index in [4.69, 9.17) is 4.74 Å². The number of hydrogen-bond acceptors (Lipinski definition) is 5. The number of benzene rings is 2. The number of nitrogens with one attached hydrogen (secondary N) is 1. The molecule has 0 aliphatic heterocycles. The van der Waals surface area contributed by atoms with E-state index in [0.29, 0.717) is 11.4 Å². The normalized spacial score (nSPS) is 13.1. The molecule has 3 heterocycles. The molecular formula is C28H24N4O3. The number of hydrogen-bond donors (Lipinski definition) is 1. The average molecular weight is 465 g/mol. The Hall–Kier alpha value is -4.26. The molecule has 3 aromatic heterocycles. The largest absolute Gasteiger partial charge is 0.462 e. The summed E-state index contributed by atoms with van der Waals surface area (Å²) in [6, 6.07) is 17.0. The zero-order valence-electron chi connectivity index (χ0n) is 19.2. The van der Waals surface area contributed by atoms with E-state index in [0.717, 1.165) is 58.9 Å². The molecule has 7 nitrogen and oxygen atoms in total. The van der Waals surface area contributed by atoms with Crippen LogP contribution in [0.15, 0.2) is 67.0 Å². The van der Waals surface area contributed by atoms with Gasteiger partial charge < -0.3 is 9.72 Å². The molecule has 5 aromatic rings. The maximum atomic E-state index is 13.2. The molecule has 0 saturated carbocycles. The summed E-state index contributed by atoms with van der Waals surface area (Å²) in [6.45, 7) is 0.0287.